The predicted octanol–water partition coefficient (Wildman–Crippen LogP) is 33.8. The topological polar surface area (TPSA) is 24.6 Å². The second kappa shape index (κ2) is 35.4. The number of aryl methyl sites for hydroxylation is 5. The highest BCUT2D eigenvalue weighted by Gasteiger charge is 2.21. The number of fused-ring (bicyclic) bond motifs is 15. The van der Waals surface area contributed by atoms with Crippen molar-refractivity contribution in [2.75, 3.05) is 0 Å². The summed E-state index contributed by atoms with van der Waals surface area (Å²) in [7, 11) is 0. The number of hydrogen-bond acceptors (Lipinski definition) is 0. The van der Waals surface area contributed by atoms with E-state index in [9.17, 15) is 0 Å². The Bertz CT molecular complexity index is 8410. The zero-order chi connectivity index (χ0) is 87.5. The second-order valence-corrected chi connectivity index (χ2v) is 33.8. The third-order valence-corrected chi connectivity index (χ3v) is 25.5. The molecule has 620 valence electrons. The lowest BCUT2D eigenvalue weighted by molar-refractivity contribution is 1.18. The zero-order valence-electron chi connectivity index (χ0n) is 73.4. The van der Waals surface area contributed by atoms with Crippen molar-refractivity contribution in [2.24, 2.45) is 0 Å². The van der Waals surface area contributed by atoms with Crippen molar-refractivity contribution in [3.8, 4) is 84.1 Å². The minimum absolute atomic E-state index is 1.19. The predicted molar refractivity (Wildman–Crippen MR) is 555 cm³/mol. The molecule has 0 saturated heterocycles. The standard InChI is InChI=1S/5C25H19N/c1-18-8-7-9-19(16-18)20-14-15-25-23(17-20)22-12-5-6-13-24(22)26(25)21-10-3-2-4-11-21;1-18-9-5-6-12-21(18)19-15-16-25-23(17-19)22-13-7-8-14-24(22)26(25)20-10-3-2-4-11-20;1-18-9-5-6-12-21(18)19-15-16-23-22-13-7-8-14-24(22)26(25(23)17-19)20-10-3-2-4-11-20;1-18-14-16-19(17-15-18)21-11-7-13-24-25(21)22-10-5-6-12-23(22)26(24)20-8-3-2-4-9-20;1-18-11-13-19(14-12-18)20-15-16-25-23(17-20)22-9-5-6-10-24(22)26(25)21-7-3-2-4-8-21/h5*2-17H,1H3. The average molecular weight is 1670 g/mol. The van der Waals surface area contributed by atoms with E-state index in [1.807, 2.05) is 0 Å². The Balaban J connectivity index is 0.0000000983. The van der Waals surface area contributed by atoms with Gasteiger partial charge in [-0.1, -0.05) is 362 Å². The van der Waals surface area contributed by atoms with Gasteiger partial charge in [0.2, 0.25) is 0 Å². The molecular weight excluding hydrogens is 1570 g/mol. The van der Waals surface area contributed by atoms with Gasteiger partial charge in [-0.25, -0.2) is 0 Å². The highest BCUT2D eigenvalue weighted by molar-refractivity contribution is 6.17. The first-order chi connectivity index (χ1) is 64.1. The van der Waals surface area contributed by atoms with E-state index < -0.39 is 0 Å². The average Bonchev–Trinajstić information content (AvgIpc) is 1.60. The first kappa shape index (κ1) is 80.5. The van der Waals surface area contributed by atoms with Gasteiger partial charge >= 0.3 is 0 Å². The van der Waals surface area contributed by atoms with Crippen LogP contribution in [0.2, 0.25) is 0 Å². The summed E-state index contributed by atoms with van der Waals surface area (Å²) >= 11 is 0. The highest BCUT2D eigenvalue weighted by atomic mass is 15.0. The maximum atomic E-state index is 2.37. The van der Waals surface area contributed by atoms with E-state index in [4.69, 9.17) is 0 Å². The summed E-state index contributed by atoms with van der Waals surface area (Å²) < 4.78 is 11.8. The lowest BCUT2D eigenvalue weighted by Crippen LogP contribution is -1.93. The van der Waals surface area contributed by atoms with Gasteiger partial charge in [0.05, 0.1) is 55.2 Å². The summed E-state index contributed by atoms with van der Waals surface area (Å²) in [5, 5.41) is 13.0. The fourth-order valence-corrected chi connectivity index (χ4v) is 19.2. The van der Waals surface area contributed by atoms with E-state index in [1.165, 1.54) is 221 Å². The SMILES string of the molecule is Cc1ccc(-c2ccc3c(c2)c2ccccc2n3-c2ccccc2)cc1.Cc1ccc(-c2cccc3c2c2ccccc2n3-c2ccccc2)cc1.Cc1cccc(-c2ccc3c(c2)c2ccccc2n3-c2ccccc2)c1.Cc1ccccc1-c1ccc2c(c1)c1ccccc1n2-c1ccccc1.Cc1ccccc1-c1ccc2c3ccccc3n(-c3ccccc3)c2c1. The molecule has 0 spiro atoms. The Kier molecular flexibility index (Phi) is 21.9. The third-order valence-electron chi connectivity index (χ3n) is 25.5. The summed E-state index contributed by atoms with van der Waals surface area (Å²) in [6, 6.07) is 174. The fraction of sp³-hybridized carbons (Fsp3) is 0.0400. The molecule has 0 atom stereocenters. The van der Waals surface area contributed by atoms with Gasteiger partial charge in [0.15, 0.2) is 0 Å². The molecule has 20 aromatic carbocycles. The van der Waals surface area contributed by atoms with Crippen LogP contribution in [0.3, 0.4) is 0 Å². The first-order valence-electron chi connectivity index (χ1n) is 44.9. The second-order valence-electron chi connectivity index (χ2n) is 33.8. The van der Waals surface area contributed by atoms with Crippen molar-refractivity contribution in [3.05, 3.63) is 513 Å². The van der Waals surface area contributed by atoms with Gasteiger partial charge in [0.1, 0.15) is 0 Å². The fourth-order valence-electron chi connectivity index (χ4n) is 19.2. The molecule has 25 aromatic rings. The monoisotopic (exact) mass is 1670 g/mol. The molecule has 0 aliphatic heterocycles. The maximum Gasteiger partial charge on any atom is 0.0547 e. The van der Waals surface area contributed by atoms with Crippen molar-refractivity contribution >= 4 is 109 Å². The molecule has 0 aliphatic carbocycles. The van der Waals surface area contributed by atoms with Crippen LogP contribution in [0.25, 0.3) is 193 Å². The van der Waals surface area contributed by atoms with Crippen molar-refractivity contribution in [2.45, 2.75) is 34.6 Å². The van der Waals surface area contributed by atoms with Crippen LogP contribution < -0.4 is 0 Å². The number of hydrogen-bond donors (Lipinski definition) is 0. The Morgan fingerprint density at radius 3 is 0.823 bits per heavy atom. The maximum absolute atomic E-state index is 2.37. The van der Waals surface area contributed by atoms with Gasteiger partial charge < -0.3 is 22.8 Å². The molecule has 5 heteroatoms. The molecule has 0 unspecified atom stereocenters. The minimum Gasteiger partial charge on any atom is -0.309 e. The van der Waals surface area contributed by atoms with Gasteiger partial charge in [-0.05, 0) is 241 Å². The summed E-state index contributed by atoms with van der Waals surface area (Å²) in [6.07, 6.45) is 0. The van der Waals surface area contributed by atoms with Crippen LogP contribution in [0.1, 0.15) is 27.8 Å². The number of aromatic nitrogens is 5. The molecular formula is C125H95N5. The van der Waals surface area contributed by atoms with Crippen LogP contribution >= 0.6 is 0 Å². The molecule has 5 heterocycles. The smallest absolute Gasteiger partial charge is 0.0547 e. The van der Waals surface area contributed by atoms with Crippen molar-refractivity contribution < 1.29 is 0 Å². The van der Waals surface area contributed by atoms with E-state index in [2.05, 4.69) is 543 Å². The molecule has 0 N–H and O–H groups in total. The van der Waals surface area contributed by atoms with Gasteiger partial charge in [-0.2, -0.15) is 0 Å². The summed E-state index contributed by atoms with van der Waals surface area (Å²) in [5.74, 6) is 0. The molecule has 5 nitrogen and oxygen atoms in total. The lowest BCUT2D eigenvalue weighted by Gasteiger charge is -2.10. The molecule has 0 radical (unpaired) electrons. The quantitative estimate of drug-likeness (QED) is 0.130. The van der Waals surface area contributed by atoms with Crippen molar-refractivity contribution in [3.63, 3.8) is 0 Å². The number of benzene rings is 20. The van der Waals surface area contributed by atoms with Crippen LogP contribution in [-0.2, 0) is 0 Å². The van der Waals surface area contributed by atoms with Crippen LogP contribution in [-0.4, -0.2) is 22.8 Å². The van der Waals surface area contributed by atoms with Gasteiger partial charge in [-0.3, -0.25) is 0 Å². The van der Waals surface area contributed by atoms with Gasteiger partial charge in [0, 0.05) is 82.3 Å². The van der Waals surface area contributed by atoms with E-state index in [1.54, 1.807) is 0 Å². The molecule has 5 aromatic heterocycles. The molecule has 0 aliphatic rings. The number of para-hydroxylation sites is 10. The lowest BCUT2D eigenvalue weighted by atomic mass is 9.99. The van der Waals surface area contributed by atoms with Crippen LogP contribution in [0.4, 0.5) is 0 Å². The van der Waals surface area contributed by atoms with Crippen LogP contribution in [0.5, 0.6) is 0 Å². The number of rotatable bonds is 10. The van der Waals surface area contributed by atoms with E-state index in [0.717, 1.165) is 0 Å². The highest BCUT2D eigenvalue weighted by Crippen LogP contribution is 2.43. The van der Waals surface area contributed by atoms with Crippen LogP contribution in [0, 0.1) is 34.6 Å². The van der Waals surface area contributed by atoms with Crippen LogP contribution in [0.15, 0.2) is 485 Å². The minimum atomic E-state index is 1.19. The summed E-state index contributed by atoms with van der Waals surface area (Å²) in [5.41, 5.74) is 37.6. The summed E-state index contributed by atoms with van der Waals surface area (Å²) in [6.45, 7) is 10.7. The molecule has 0 fully saturated rings. The first-order valence-corrected chi connectivity index (χ1v) is 44.9. The molecule has 0 bridgehead atoms. The van der Waals surface area contributed by atoms with Gasteiger partial charge in [0.25, 0.3) is 0 Å². The Morgan fingerprint density at radius 2 is 0.400 bits per heavy atom. The van der Waals surface area contributed by atoms with E-state index >= 15 is 0 Å². The van der Waals surface area contributed by atoms with E-state index in [-0.39, 0.29) is 0 Å². The molecule has 130 heavy (non-hydrogen) atoms. The van der Waals surface area contributed by atoms with Gasteiger partial charge in [-0.15, -0.1) is 0 Å². The molecule has 0 saturated carbocycles. The summed E-state index contributed by atoms with van der Waals surface area (Å²) in [4.78, 5) is 0. The third kappa shape index (κ3) is 15.5. The molecule has 25 rings (SSSR count). The van der Waals surface area contributed by atoms with Crippen molar-refractivity contribution in [1.29, 1.82) is 0 Å². The number of nitrogens with zero attached hydrogens (tertiary/aromatic N) is 5. The largest absolute Gasteiger partial charge is 0.309 e. The molecule has 0 amide bonds. The Hall–Kier alpha value is -16.6. The normalized spacial score (nSPS) is 11.3. The Labute approximate surface area is 758 Å². The zero-order valence-corrected chi connectivity index (χ0v) is 73.4. The van der Waals surface area contributed by atoms with Crippen molar-refractivity contribution in [1.82, 2.24) is 22.8 Å². The Morgan fingerprint density at radius 1 is 0.131 bits per heavy atom. The van der Waals surface area contributed by atoms with E-state index in [0.29, 0.717) is 0 Å².